The highest BCUT2D eigenvalue weighted by atomic mass is 16.5. The predicted molar refractivity (Wildman–Crippen MR) is 104 cm³/mol. The zero-order valence-electron chi connectivity index (χ0n) is 16.0. The molecule has 1 amide bonds. The second kappa shape index (κ2) is 6.47. The molecule has 1 aliphatic heterocycles. The minimum atomic E-state index is -0.105. The topological polar surface area (TPSA) is 48.6 Å². The minimum Gasteiger partial charge on any atom is -0.496 e. The van der Waals surface area contributed by atoms with E-state index in [2.05, 4.69) is 35.3 Å². The molecule has 2 heterocycles. The lowest BCUT2D eigenvalue weighted by molar-refractivity contribution is -0.134. The van der Waals surface area contributed by atoms with E-state index in [0.29, 0.717) is 6.04 Å². The number of hydrogen-bond acceptors (Lipinski definition) is 3. The molecule has 26 heavy (non-hydrogen) atoms. The van der Waals surface area contributed by atoms with Crippen LogP contribution in [0.15, 0.2) is 24.4 Å². The van der Waals surface area contributed by atoms with Crippen LogP contribution in [0.3, 0.4) is 0 Å². The van der Waals surface area contributed by atoms with Gasteiger partial charge in [-0.3, -0.25) is 9.69 Å². The molecule has 2 atom stereocenters. The molecule has 138 valence electrons. The van der Waals surface area contributed by atoms with E-state index in [1.807, 2.05) is 24.8 Å². The summed E-state index contributed by atoms with van der Waals surface area (Å²) in [6, 6.07) is 4.39. The van der Waals surface area contributed by atoms with E-state index in [9.17, 15) is 4.79 Å². The Labute approximate surface area is 154 Å². The van der Waals surface area contributed by atoms with Gasteiger partial charge >= 0.3 is 0 Å². The fourth-order valence-corrected chi connectivity index (χ4v) is 4.59. The molecular weight excluding hydrogens is 326 g/mol. The Morgan fingerprint density at radius 2 is 2.12 bits per heavy atom. The van der Waals surface area contributed by atoms with Gasteiger partial charge in [-0.05, 0) is 50.6 Å². The van der Waals surface area contributed by atoms with Gasteiger partial charge in [-0.2, -0.15) is 0 Å². The third-order valence-corrected chi connectivity index (χ3v) is 5.96. The number of likely N-dealkylation sites (N-methyl/N-ethyl adjacent to an activating group) is 1. The van der Waals surface area contributed by atoms with Crippen molar-refractivity contribution in [3.63, 3.8) is 0 Å². The Morgan fingerprint density at radius 1 is 1.35 bits per heavy atom. The van der Waals surface area contributed by atoms with E-state index in [-0.39, 0.29) is 11.8 Å². The number of nitrogens with zero attached hydrogens (tertiary/aromatic N) is 2. The van der Waals surface area contributed by atoms with E-state index in [1.54, 1.807) is 7.11 Å². The maximum atomic E-state index is 13.0. The van der Waals surface area contributed by atoms with E-state index in [0.717, 1.165) is 42.9 Å². The molecule has 5 heteroatoms. The van der Waals surface area contributed by atoms with Gasteiger partial charge in [0.2, 0.25) is 5.91 Å². The van der Waals surface area contributed by atoms with Gasteiger partial charge in [-0.1, -0.05) is 6.08 Å². The van der Waals surface area contributed by atoms with Gasteiger partial charge in [0.15, 0.2) is 0 Å². The summed E-state index contributed by atoms with van der Waals surface area (Å²) in [7, 11) is 3.85. The predicted octanol–water partition coefficient (Wildman–Crippen LogP) is 2.91. The van der Waals surface area contributed by atoms with Crippen molar-refractivity contribution in [3.05, 3.63) is 35.5 Å². The van der Waals surface area contributed by atoms with E-state index < -0.39 is 0 Å². The number of H-pyrrole nitrogens is 1. The van der Waals surface area contributed by atoms with Crippen molar-refractivity contribution >= 4 is 22.4 Å². The average Bonchev–Trinajstić information content (AvgIpc) is 3.07. The number of methoxy groups -OCH3 is 1. The largest absolute Gasteiger partial charge is 0.496 e. The number of carbonyl (C=O) groups is 1. The lowest BCUT2D eigenvalue weighted by Gasteiger charge is -2.40. The molecule has 2 aromatic rings. The molecule has 0 unspecified atom stereocenters. The summed E-state index contributed by atoms with van der Waals surface area (Å²) in [5.41, 5.74) is 4.85. The third-order valence-electron chi connectivity index (χ3n) is 5.96. The van der Waals surface area contributed by atoms with Crippen molar-refractivity contribution in [2.24, 2.45) is 5.92 Å². The van der Waals surface area contributed by atoms with Crippen LogP contribution in [0.5, 0.6) is 5.75 Å². The van der Waals surface area contributed by atoms with Crippen LogP contribution in [0, 0.1) is 5.92 Å². The number of ether oxygens (including phenoxy) is 1. The van der Waals surface area contributed by atoms with E-state index in [4.69, 9.17) is 4.74 Å². The number of aromatic nitrogens is 1. The van der Waals surface area contributed by atoms with Crippen LogP contribution in [0.25, 0.3) is 16.5 Å². The molecule has 1 aliphatic carbocycles. The van der Waals surface area contributed by atoms with Crippen LogP contribution in [0.2, 0.25) is 0 Å². The SMILES string of the molecule is CCN(CC)C(=O)[C@@H]1C=C2c3c(OC)ccc4[nH]cc(c34)C[C@H]2N(C)C1. The van der Waals surface area contributed by atoms with Crippen molar-refractivity contribution in [1.82, 2.24) is 14.8 Å². The third kappa shape index (κ3) is 2.45. The van der Waals surface area contributed by atoms with Gasteiger partial charge < -0.3 is 14.6 Å². The first-order chi connectivity index (χ1) is 12.6. The van der Waals surface area contributed by atoms with E-state index >= 15 is 0 Å². The maximum absolute atomic E-state index is 13.0. The van der Waals surface area contributed by atoms with Crippen molar-refractivity contribution in [2.75, 3.05) is 33.8 Å². The Kier molecular flexibility index (Phi) is 4.27. The lowest BCUT2D eigenvalue weighted by atomic mass is 9.79. The number of rotatable bonds is 4. The molecule has 2 aliphatic rings. The smallest absolute Gasteiger partial charge is 0.230 e. The van der Waals surface area contributed by atoms with Gasteiger partial charge in [-0.15, -0.1) is 0 Å². The van der Waals surface area contributed by atoms with Crippen molar-refractivity contribution in [2.45, 2.75) is 26.3 Å². The Morgan fingerprint density at radius 3 is 2.81 bits per heavy atom. The quantitative estimate of drug-likeness (QED) is 0.919. The van der Waals surface area contributed by atoms with Gasteiger partial charge in [0.1, 0.15) is 5.75 Å². The van der Waals surface area contributed by atoms with Crippen molar-refractivity contribution < 1.29 is 9.53 Å². The normalized spacial score (nSPS) is 22.1. The zero-order valence-corrected chi connectivity index (χ0v) is 16.0. The first kappa shape index (κ1) is 17.2. The average molecular weight is 353 g/mol. The van der Waals surface area contributed by atoms with Crippen LogP contribution in [-0.2, 0) is 11.2 Å². The summed E-state index contributed by atoms with van der Waals surface area (Å²) in [6.07, 6.45) is 5.29. The molecule has 4 rings (SSSR count). The lowest BCUT2D eigenvalue weighted by Crippen LogP contribution is -2.47. The minimum absolute atomic E-state index is 0.105. The summed E-state index contributed by atoms with van der Waals surface area (Å²) >= 11 is 0. The standard InChI is InChI=1S/C21H27N3O2/c1-5-24(6-2)21(25)14-9-15-17(23(3)12-14)10-13-11-22-16-7-8-18(26-4)20(15)19(13)16/h7-9,11,14,17,22H,5-6,10,12H2,1-4H3/t14-,17-/m1/s1. The molecular formula is C21H27N3O2. The highest BCUT2D eigenvalue weighted by molar-refractivity contribution is 6.01. The Bertz CT molecular complexity index is 879. The summed E-state index contributed by atoms with van der Waals surface area (Å²) < 4.78 is 5.70. The molecule has 0 saturated carbocycles. The van der Waals surface area contributed by atoms with Gasteiger partial charge in [0.05, 0.1) is 13.0 Å². The summed E-state index contributed by atoms with van der Waals surface area (Å²) in [6.45, 7) is 6.36. The maximum Gasteiger partial charge on any atom is 0.230 e. The van der Waals surface area contributed by atoms with E-state index in [1.165, 1.54) is 16.5 Å². The molecule has 0 bridgehead atoms. The first-order valence-electron chi connectivity index (χ1n) is 9.47. The number of hydrogen-bond donors (Lipinski definition) is 1. The summed E-state index contributed by atoms with van der Waals surface area (Å²) in [5.74, 6) is 1.00. The molecule has 1 aromatic carbocycles. The first-order valence-corrected chi connectivity index (χ1v) is 9.47. The number of carbonyl (C=O) groups excluding carboxylic acids is 1. The fourth-order valence-electron chi connectivity index (χ4n) is 4.59. The highest BCUT2D eigenvalue weighted by Gasteiger charge is 2.37. The molecule has 0 fully saturated rings. The van der Waals surface area contributed by atoms with Crippen molar-refractivity contribution in [1.29, 1.82) is 0 Å². The highest BCUT2D eigenvalue weighted by Crippen LogP contribution is 2.45. The number of nitrogens with one attached hydrogen (secondary N) is 1. The molecule has 0 spiro atoms. The Balaban J connectivity index is 1.86. The van der Waals surface area contributed by atoms with Crippen LogP contribution in [0.4, 0.5) is 0 Å². The molecule has 1 aromatic heterocycles. The van der Waals surface area contributed by atoms with Crippen LogP contribution >= 0.6 is 0 Å². The van der Waals surface area contributed by atoms with Gasteiger partial charge in [0.25, 0.3) is 0 Å². The van der Waals surface area contributed by atoms with Crippen molar-refractivity contribution in [3.8, 4) is 5.75 Å². The molecule has 0 radical (unpaired) electrons. The second-order valence-electron chi connectivity index (χ2n) is 7.28. The number of amides is 1. The molecule has 5 nitrogen and oxygen atoms in total. The fraction of sp³-hybridized carbons (Fsp3) is 0.476. The monoisotopic (exact) mass is 353 g/mol. The zero-order chi connectivity index (χ0) is 18.4. The van der Waals surface area contributed by atoms with Gasteiger partial charge in [0, 0.05) is 48.3 Å². The number of benzene rings is 1. The summed E-state index contributed by atoms with van der Waals surface area (Å²) in [5, 5.41) is 1.25. The molecule has 1 N–H and O–H groups in total. The molecule has 0 saturated heterocycles. The summed E-state index contributed by atoms with van der Waals surface area (Å²) in [4.78, 5) is 20.6. The Hall–Kier alpha value is -2.27. The van der Waals surface area contributed by atoms with Crippen LogP contribution in [-0.4, -0.2) is 60.5 Å². The van der Waals surface area contributed by atoms with Crippen LogP contribution in [0.1, 0.15) is 25.0 Å². The van der Waals surface area contributed by atoms with Crippen LogP contribution < -0.4 is 4.74 Å². The second-order valence-corrected chi connectivity index (χ2v) is 7.28. The number of aromatic amines is 1. The number of fused-ring (bicyclic) bond motifs is 2. The van der Waals surface area contributed by atoms with Gasteiger partial charge in [-0.25, -0.2) is 0 Å².